The van der Waals surface area contributed by atoms with Gasteiger partial charge in [-0.3, -0.25) is 0 Å². The highest BCUT2D eigenvalue weighted by atomic mass is 35.5. The van der Waals surface area contributed by atoms with Gasteiger partial charge in [-0.15, -0.1) is 0 Å². The first-order valence-corrected chi connectivity index (χ1v) is 6.08. The molecule has 1 saturated heterocycles. The van der Waals surface area contributed by atoms with Gasteiger partial charge < -0.3 is 4.90 Å². The van der Waals surface area contributed by atoms with Gasteiger partial charge in [-0.25, -0.2) is 4.39 Å². The van der Waals surface area contributed by atoms with Gasteiger partial charge in [-0.1, -0.05) is 11.6 Å². The molecule has 1 heterocycles. The van der Waals surface area contributed by atoms with E-state index >= 15 is 0 Å². The summed E-state index contributed by atoms with van der Waals surface area (Å²) in [5.41, 5.74) is 0.797. The summed E-state index contributed by atoms with van der Waals surface area (Å²) in [6, 6.07) is 4.33. The number of nitriles is 1. The molecule has 2 nitrogen and oxygen atoms in total. The molecule has 0 aromatic heterocycles. The molecule has 0 N–H and O–H groups in total. The summed E-state index contributed by atoms with van der Waals surface area (Å²) in [6.07, 6.45) is -1.15. The molecule has 0 atom stereocenters. The number of halogens is 4. The van der Waals surface area contributed by atoms with E-state index in [0.717, 1.165) is 6.07 Å². The summed E-state index contributed by atoms with van der Waals surface area (Å²) in [5, 5.41) is 8.91. The number of hydrogen-bond donors (Lipinski definition) is 0. The van der Waals surface area contributed by atoms with E-state index in [9.17, 15) is 13.2 Å². The topological polar surface area (TPSA) is 27.0 Å². The molecule has 0 spiro atoms. The lowest BCUT2D eigenvalue weighted by Gasteiger charge is -2.30. The van der Waals surface area contributed by atoms with Crippen LogP contribution in [0.15, 0.2) is 23.8 Å². The second-order valence-electron chi connectivity index (χ2n) is 4.25. The van der Waals surface area contributed by atoms with Gasteiger partial charge in [0.25, 0.3) is 6.08 Å². The number of rotatable bonds is 1. The van der Waals surface area contributed by atoms with E-state index < -0.39 is 11.9 Å². The molecule has 0 unspecified atom stereocenters. The van der Waals surface area contributed by atoms with Crippen LogP contribution in [0.4, 0.5) is 18.9 Å². The minimum Gasteiger partial charge on any atom is -0.370 e. The fourth-order valence-electron chi connectivity index (χ4n) is 2.09. The first-order chi connectivity index (χ1) is 9.02. The van der Waals surface area contributed by atoms with Crippen molar-refractivity contribution in [1.29, 1.82) is 5.26 Å². The zero-order valence-electron chi connectivity index (χ0n) is 9.89. The second kappa shape index (κ2) is 5.54. The van der Waals surface area contributed by atoms with E-state index in [4.69, 9.17) is 16.9 Å². The second-order valence-corrected chi connectivity index (χ2v) is 4.65. The Hall–Kier alpha value is -1.67. The molecule has 1 aromatic carbocycles. The van der Waals surface area contributed by atoms with Crippen LogP contribution in [-0.4, -0.2) is 13.1 Å². The van der Waals surface area contributed by atoms with Crippen molar-refractivity contribution in [1.82, 2.24) is 0 Å². The third-order valence-electron chi connectivity index (χ3n) is 3.13. The van der Waals surface area contributed by atoms with Gasteiger partial charge in [0.05, 0.1) is 16.3 Å². The van der Waals surface area contributed by atoms with E-state index in [0.29, 0.717) is 18.8 Å². The van der Waals surface area contributed by atoms with Gasteiger partial charge in [0, 0.05) is 13.1 Å². The minimum atomic E-state index is -1.63. The highest BCUT2D eigenvalue weighted by molar-refractivity contribution is 6.31. The van der Waals surface area contributed by atoms with Crippen LogP contribution in [0.1, 0.15) is 18.4 Å². The van der Waals surface area contributed by atoms with E-state index in [-0.39, 0.29) is 29.0 Å². The van der Waals surface area contributed by atoms with Crippen LogP contribution in [0.25, 0.3) is 0 Å². The lowest BCUT2D eigenvalue weighted by atomic mass is 10.0. The zero-order valence-corrected chi connectivity index (χ0v) is 10.6. The van der Waals surface area contributed by atoms with Crippen molar-refractivity contribution in [3.05, 3.63) is 40.2 Å². The molecule has 2 rings (SSSR count). The van der Waals surface area contributed by atoms with Gasteiger partial charge in [-0.05, 0) is 30.5 Å². The number of benzene rings is 1. The summed E-state index contributed by atoms with van der Waals surface area (Å²) in [6.45, 7) is 0.729. The Labute approximate surface area is 113 Å². The molecule has 0 aliphatic carbocycles. The number of piperidine rings is 1. The summed E-state index contributed by atoms with van der Waals surface area (Å²) in [4.78, 5) is 1.77. The lowest BCUT2D eigenvalue weighted by molar-refractivity contribution is 0.399. The van der Waals surface area contributed by atoms with Gasteiger partial charge in [-0.2, -0.15) is 14.0 Å². The standard InChI is InChI=1S/C13H10ClF3N2/c14-10-6-12(9(7-18)5-11(10)15)19-3-1-8(2-4-19)13(16)17/h5-6H,1-4H2. The van der Waals surface area contributed by atoms with Crippen molar-refractivity contribution in [3.8, 4) is 6.07 Å². The average Bonchev–Trinajstić information content (AvgIpc) is 2.41. The maximum atomic E-state index is 13.3. The third kappa shape index (κ3) is 2.85. The number of anilines is 1. The zero-order chi connectivity index (χ0) is 14.0. The van der Waals surface area contributed by atoms with Crippen molar-refractivity contribution in [2.45, 2.75) is 12.8 Å². The van der Waals surface area contributed by atoms with E-state index in [1.807, 2.05) is 6.07 Å². The molecule has 0 saturated carbocycles. The lowest BCUT2D eigenvalue weighted by Crippen LogP contribution is -2.31. The molecule has 0 radical (unpaired) electrons. The first-order valence-electron chi connectivity index (χ1n) is 5.70. The summed E-state index contributed by atoms with van der Waals surface area (Å²) in [5.74, 6) is -0.658. The molecule has 0 amide bonds. The van der Waals surface area contributed by atoms with E-state index in [1.54, 1.807) is 4.90 Å². The molecule has 19 heavy (non-hydrogen) atoms. The van der Waals surface area contributed by atoms with Gasteiger partial charge in [0.15, 0.2) is 0 Å². The Balaban J connectivity index is 2.27. The summed E-state index contributed by atoms with van der Waals surface area (Å²) >= 11 is 5.70. The van der Waals surface area contributed by atoms with E-state index in [2.05, 4.69) is 0 Å². The van der Waals surface area contributed by atoms with Crippen LogP contribution in [0, 0.1) is 17.1 Å². The Morgan fingerprint density at radius 2 is 1.89 bits per heavy atom. The molecule has 100 valence electrons. The fourth-order valence-corrected chi connectivity index (χ4v) is 2.25. The highest BCUT2D eigenvalue weighted by Gasteiger charge is 2.21. The summed E-state index contributed by atoms with van der Waals surface area (Å²) < 4.78 is 38.2. The van der Waals surface area contributed by atoms with Crippen LogP contribution in [0.5, 0.6) is 0 Å². The van der Waals surface area contributed by atoms with Gasteiger partial charge in [0.1, 0.15) is 11.9 Å². The molecule has 6 heteroatoms. The monoisotopic (exact) mass is 286 g/mol. The van der Waals surface area contributed by atoms with Crippen LogP contribution in [0.3, 0.4) is 0 Å². The quantitative estimate of drug-likeness (QED) is 0.777. The maximum Gasteiger partial charge on any atom is 0.269 e. The van der Waals surface area contributed by atoms with Crippen molar-refractivity contribution in [2.24, 2.45) is 0 Å². The van der Waals surface area contributed by atoms with Gasteiger partial charge in [0.2, 0.25) is 0 Å². The van der Waals surface area contributed by atoms with Crippen LogP contribution in [0.2, 0.25) is 5.02 Å². The molecule has 1 fully saturated rings. The van der Waals surface area contributed by atoms with Crippen molar-refractivity contribution in [3.63, 3.8) is 0 Å². The van der Waals surface area contributed by atoms with Crippen LogP contribution in [-0.2, 0) is 0 Å². The van der Waals surface area contributed by atoms with E-state index in [1.165, 1.54) is 6.07 Å². The van der Waals surface area contributed by atoms with Crippen LogP contribution < -0.4 is 4.90 Å². The normalized spacial score (nSPS) is 15.3. The Morgan fingerprint density at radius 1 is 1.26 bits per heavy atom. The first kappa shape index (κ1) is 13.8. The molecular weight excluding hydrogens is 277 g/mol. The summed E-state index contributed by atoms with van der Waals surface area (Å²) in [7, 11) is 0. The predicted molar refractivity (Wildman–Crippen MR) is 66.8 cm³/mol. The molecule has 0 bridgehead atoms. The molecular formula is C13H10ClF3N2. The SMILES string of the molecule is N#Cc1cc(F)c(Cl)cc1N1CCC(=C(F)F)CC1. The van der Waals surface area contributed by atoms with Gasteiger partial charge >= 0.3 is 0 Å². The minimum absolute atomic E-state index is 0.0768. The highest BCUT2D eigenvalue weighted by Crippen LogP contribution is 2.31. The van der Waals surface area contributed by atoms with Crippen molar-refractivity contribution >= 4 is 17.3 Å². The van der Waals surface area contributed by atoms with Crippen molar-refractivity contribution in [2.75, 3.05) is 18.0 Å². The maximum absolute atomic E-state index is 13.3. The third-order valence-corrected chi connectivity index (χ3v) is 3.42. The van der Waals surface area contributed by atoms with Crippen LogP contribution >= 0.6 is 11.6 Å². The number of hydrogen-bond acceptors (Lipinski definition) is 2. The Morgan fingerprint density at radius 3 is 2.42 bits per heavy atom. The smallest absolute Gasteiger partial charge is 0.269 e. The molecule has 1 aliphatic rings. The average molecular weight is 287 g/mol. The number of nitrogens with zero attached hydrogens (tertiary/aromatic N) is 2. The Kier molecular flexibility index (Phi) is 4.01. The largest absolute Gasteiger partial charge is 0.370 e. The van der Waals surface area contributed by atoms with Crippen molar-refractivity contribution < 1.29 is 13.2 Å². The fraction of sp³-hybridized carbons (Fsp3) is 0.308. The molecule has 1 aromatic rings. The Bertz CT molecular complexity index is 564. The predicted octanol–water partition coefficient (Wildman–Crippen LogP) is 4.10. The molecule has 1 aliphatic heterocycles.